The quantitative estimate of drug-likeness (QED) is 0.680. The van der Waals surface area contributed by atoms with Crippen LogP contribution in [0.15, 0.2) is 0 Å². The molecule has 122 valence electrons. The first-order valence-corrected chi connectivity index (χ1v) is 7.68. The number of nitrogens with zero attached hydrogens (tertiary/aromatic N) is 3. The number of anilines is 1. The van der Waals surface area contributed by atoms with Gasteiger partial charge in [0.05, 0.1) is 5.92 Å². The van der Waals surface area contributed by atoms with Crippen molar-refractivity contribution in [3.8, 4) is 0 Å². The van der Waals surface area contributed by atoms with Gasteiger partial charge in [-0.2, -0.15) is 4.98 Å². The zero-order valence-electron chi connectivity index (χ0n) is 13.1. The van der Waals surface area contributed by atoms with Crippen molar-refractivity contribution < 1.29 is 9.59 Å². The van der Waals surface area contributed by atoms with Crippen molar-refractivity contribution in [1.82, 2.24) is 25.4 Å². The molecule has 0 radical (unpaired) electrons. The Balaban J connectivity index is 1.78. The van der Waals surface area contributed by atoms with E-state index in [0.29, 0.717) is 50.6 Å². The van der Waals surface area contributed by atoms with Gasteiger partial charge in [0, 0.05) is 32.5 Å². The summed E-state index contributed by atoms with van der Waals surface area (Å²) >= 11 is 0. The molecule has 1 saturated heterocycles. The van der Waals surface area contributed by atoms with Gasteiger partial charge in [-0.3, -0.25) is 14.7 Å². The summed E-state index contributed by atoms with van der Waals surface area (Å²) in [7, 11) is 0. The lowest BCUT2D eigenvalue weighted by molar-refractivity contribution is -0.138. The third kappa shape index (κ3) is 4.44. The fourth-order valence-electron chi connectivity index (χ4n) is 2.62. The van der Waals surface area contributed by atoms with Crippen molar-refractivity contribution >= 4 is 17.8 Å². The number of carbonyl (C=O) groups excluding carboxylic acids is 2. The molecule has 8 nitrogen and oxygen atoms in total. The highest BCUT2D eigenvalue weighted by atomic mass is 16.2. The second kappa shape index (κ2) is 7.24. The largest absolute Gasteiger partial charge is 0.367 e. The summed E-state index contributed by atoms with van der Waals surface area (Å²) in [5, 5.41) is 9.33. The fraction of sp³-hybridized carbons (Fsp3) is 0.714. The van der Waals surface area contributed by atoms with E-state index < -0.39 is 0 Å². The second-order valence-corrected chi connectivity index (χ2v) is 6.11. The normalized spacial score (nSPS) is 18.8. The third-order valence-electron chi connectivity index (χ3n) is 3.67. The van der Waals surface area contributed by atoms with Gasteiger partial charge in [0.15, 0.2) is 0 Å². The van der Waals surface area contributed by atoms with Crippen LogP contribution in [-0.2, 0) is 16.0 Å². The van der Waals surface area contributed by atoms with Crippen molar-refractivity contribution in [2.45, 2.75) is 33.1 Å². The fourth-order valence-corrected chi connectivity index (χ4v) is 2.62. The Morgan fingerprint density at radius 2 is 2.32 bits per heavy atom. The molecule has 8 heteroatoms. The van der Waals surface area contributed by atoms with Gasteiger partial charge in [-0.05, 0) is 12.3 Å². The van der Waals surface area contributed by atoms with Crippen LogP contribution in [-0.4, -0.2) is 51.5 Å². The van der Waals surface area contributed by atoms with Crippen molar-refractivity contribution in [2.75, 3.05) is 25.4 Å². The molecule has 0 unspecified atom stereocenters. The zero-order valence-corrected chi connectivity index (χ0v) is 13.1. The lowest BCUT2D eigenvalue weighted by Crippen LogP contribution is -2.47. The topological polar surface area (TPSA) is 117 Å². The highest BCUT2D eigenvalue weighted by molar-refractivity contribution is 5.83. The molecule has 0 spiro atoms. The number of aromatic nitrogens is 3. The molecule has 2 heterocycles. The predicted octanol–water partition coefficient (Wildman–Crippen LogP) is -0.0598. The van der Waals surface area contributed by atoms with Crippen LogP contribution in [0.5, 0.6) is 0 Å². The number of nitrogens with two attached hydrogens (primary N) is 1. The van der Waals surface area contributed by atoms with Gasteiger partial charge in [0.25, 0.3) is 0 Å². The second-order valence-electron chi connectivity index (χ2n) is 6.11. The number of hydrogen-bond donors (Lipinski definition) is 3. The molecule has 0 bridgehead atoms. The molecule has 1 fully saturated rings. The molecule has 0 saturated carbocycles. The van der Waals surface area contributed by atoms with Crippen molar-refractivity contribution in [2.24, 2.45) is 11.8 Å². The summed E-state index contributed by atoms with van der Waals surface area (Å²) in [6, 6.07) is 0. The Kier molecular flexibility index (Phi) is 5.35. The molecule has 1 aliphatic heterocycles. The van der Waals surface area contributed by atoms with Gasteiger partial charge in [-0.15, -0.1) is 5.10 Å². The van der Waals surface area contributed by atoms with Gasteiger partial charge in [-0.25, -0.2) is 0 Å². The van der Waals surface area contributed by atoms with Crippen LogP contribution in [0.3, 0.4) is 0 Å². The smallest absolute Gasteiger partial charge is 0.239 e. The standard InChI is InChI=1S/C14H24N6O2/c1-9(2)7-20-8-10(3-4-12(20)21)13(22)16-6-5-11-17-14(15)19-18-11/h9-10H,3-8H2,1-2H3,(H,16,22)(H3,15,17,18,19)/t10-/m0/s1. The zero-order chi connectivity index (χ0) is 16.1. The van der Waals surface area contributed by atoms with Crippen molar-refractivity contribution in [1.29, 1.82) is 0 Å². The van der Waals surface area contributed by atoms with E-state index in [1.807, 2.05) is 0 Å². The van der Waals surface area contributed by atoms with E-state index in [0.717, 1.165) is 0 Å². The number of hydrogen-bond acceptors (Lipinski definition) is 5. The van der Waals surface area contributed by atoms with Crippen LogP contribution < -0.4 is 11.1 Å². The summed E-state index contributed by atoms with van der Waals surface area (Å²) < 4.78 is 0. The minimum atomic E-state index is -0.128. The number of nitrogens with one attached hydrogen (secondary N) is 2. The van der Waals surface area contributed by atoms with Crippen LogP contribution in [0, 0.1) is 11.8 Å². The van der Waals surface area contributed by atoms with Gasteiger partial charge in [0.2, 0.25) is 17.8 Å². The molecule has 2 amide bonds. The van der Waals surface area contributed by atoms with E-state index in [2.05, 4.69) is 34.3 Å². The average molecular weight is 308 g/mol. The van der Waals surface area contributed by atoms with Crippen LogP contribution in [0.25, 0.3) is 0 Å². The van der Waals surface area contributed by atoms with E-state index in [-0.39, 0.29) is 23.7 Å². The number of carbonyl (C=O) groups is 2. The summed E-state index contributed by atoms with van der Waals surface area (Å²) in [6.45, 7) is 5.83. The maximum Gasteiger partial charge on any atom is 0.239 e. The Labute approximate surface area is 129 Å². The molecule has 1 aromatic rings. The number of rotatable bonds is 6. The SMILES string of the molecule is CC(C)CN1C[C@@H](C(=O)NCCc2nc(N)n[nH]2)CCC1=O. The number of piperidine rings is 1. The predicted molar refractivity (Wildman–Crippen MR) is 81.7 cm³/mol. The summed E-state index contributed by atoms with van der Waals surface area (Å²) in [6.07, 6.45) is 1.62. The monoisotopic (exact) mass is 308 g/mol. The van der Waals surface area contributed by atoms with Crippen LogP contribution in [0.1, 0.15) is 32.5 Å². The Morgan fingerprint density at radius 1 is 1.55 bits per heavy atom. The molecule has 1 aromatic heterocycles. The summed E-state index contributed by atoms with van der Waals surface area (Å²) in [4.78, 5) is 29.9. The number of nitrogen functional groups attached to an aromatic ring is 1. The molecule has 2 rings (SSSR count). The number of H-pyrrole nitrogens is 1. The summed E-state index contributed by atoms with van der Waals surface area (Å²) in [5.74, 6) is 1.28. The maximum absolute atomic E-state index is 12.2. The van der Waals surface area contributed by atoms with Gasteiger partial charge >= 0.3 is 0 Å². The van der Waals surface area contributed by atoms with Crippen molar-refractivity contribution in [3.63, 3.8) is 0 Å². The van der Waals surface area contributed by atoms with E-state index in [1.54, 1.807) is 4.90 Å². The Morgan fingerprint density at radius 3 is 2.95 bits per heavy atom. The molecular weight excluding hydrogens is 284 g/mol. The Bertz CT molecular complexity index is 527. The van der Waals surface area contributed by atoms with Crippen LogP contribution >= 0.6 is 0 Å². The first-order chi connectivity index (χ1) is 10.5. The minimum Gasteiger partial charge on any atom is -0.367 e. The average Bonchev–Trinajstić information content (AvgIpc) is 2.86. The molecular formula is C14H24N6O2. The van der Waals surface area contributed by atoms with Gasteiger partial charge < -0.3 is 16.0 Å². The van der Waals surface area contributed by atoms with E-state index in [9.17, 15) is 9.59 Å². The van der Waals surface area contributed by atoms with E-state index in [4.69, 9.17) is 5.73 Å². The number of amides is 2. The molecule has 0 aliphatic carbocycles. The van der Waals surface area contributed by atoms with Crippen molar-refractivity contribution in [3.05, 3.63) is 5.82 Å². The first-order valence-electron chi connectivity index (χ1n) is 7.68. The highest BCUT2D eigenvalue weighted by Crippen LogP contribution is 2.18. The molecule has 22 heavy (non-hydrogen) atoms. The van der Waals surface area contributed by atoms with Gasteiger partial charge in [-0.1, -0.05) is 13.8 Å². The molecule has 1 aliphatic rings. The minimum absolute atomic E-state index is 0.00579. The first kappa shape index (κ1) is 16.3. The molecule has 4 N–H and O–H groups in total. The molecule has 0 aromatic carbocycles. The maximum atomic E-state index is 12.2. The van der Waals surface area contributed by atoms with Crippen LogP contribution in [0.4, 0.5) is 5.95 Å². The van der Waals surface area contributed by atoms with E-state index in [1.165, 1.54) is 0 Å². The van der Waals surface area contributed by atoms with Crippen LogP contribution in [0.2, 0.25) is 0 Å². The lowest BCUT2D eigenvalue weighted by atomic mass is 9.96. The summed E-state index contributed by atoms with van der Waals surface area (Å²) in [5.41, 5.74) is 5.42. The third-order valence-corrected chi connectivity index (χ3v) is 3.67. The lowest BCUT2D eigenvalue weighted by Gasteiger charge is -2.33. The Hall–Kier alpha value is -2.12. The number of likely N-dealkylation sites (tertiary alicyclic amines) is 1. The highest BCUT2D eigenvalue weighted by Gasteiger charge is 2.30. The number of aromatic amines is 1. The molecule has 1 atom stereocenters. The van der Waals surface area contributed by atoms with E-state index >= 15 is 0 Å². The van der Waals surface area contributed by atoms with Gasteiger partial charge in [0.1, 0.15) is 5.82 Å².